The van der Waals surface area contributed by atoms with E-state index in [0.717, 1.165) is 13.0 Å². The normalized spacial score (nSPS) is 11.0. The van der Waals surface area contributed by atoms with Crippen LogP contribution in [0.1, 0.15) is 12.0 Å². The van der Waals surface area contributed by atoms with Gasteiger partial charge in [-0.25, -0.2) is 0 Å². The fraction of sp³-hybridized carbons (Fsp3) is 0.667. The second-order valence-electron chi connectivity index (χ2n) is 3.43. The van der Waals surface area contributed by atoms with E-state index < -0.39 is 0 Å². The standard InChI is InChI=1S/C9H17N3/c1-11(2)6-4-5-9-7-10-12(3)8-9/h7-8H,4-6H2,1-3H3. The van der Waals surface area contributed by atoms with Gasteiger partial charge in [0.05, 0.1) is 6.20 Å². The van der Waals surface area contributed by atoms with Gasteiger partial charge in [0.15, 0.2) is 0 Å². The van der Waals surface area contributed by atoms with E-state index in [1.54, 1.807) is 0 Å². The summed E-state index contributed by atoms with van der Waals surface area (Å²) in [5, 5.41) is 4.12. The Balaban J connectivity index is 2.24. The van der Waals surface area contributed by atoms with Crippen LogP contribution in [0, 0.1) is 0 Å². The van der Waals surface area contributed by atoms with Gasteiger partial charge in [0.25, 0.3) is 0 Å². The van der Waals surface area contributed by atoms with E-state index in [9.17, 15) is 0 Å². The topological polar surface area (TPSA) is 21.1 Å². The number of hydrogen-bond donors (Lipinski definition) is 0. The Kier molecular flexibility index (Phi) is 3.29. The highest BCUT2D eigenvalue weighted by Gasteiger charge is 1.96. The Bertz CT molecular complexity index is 227. The highest BCUT2D eigenvalue weighted by molar-refractivity contribution is 5.03. The van der Waals surface area contributed by atoms with Crippen molar-refractivity contribution < 1.29 is 0 Å². The van der Waals surface area contributed by atoms with Gasteiger partial charge in [0.1, 0.15) is 0 Å². The average Bonchev–Trinajstić information content (AvgIpc) is 2.35. The van der Waals surface area contributed by atoms with Gasteiger partial charge < -0.3 is 4.90 Å². The number of hydrogen-bond acceptors (Lipinski definition) is 2. The molecule has 0 bridgehead atoms. The van der Waals surface area contributed by atoms with Crippen molar-refractivity contribution in [3.8, 4) is 0 Å². The molecule has 0 aromatic carbocycles. The van der Waals surface area contributed by atoms with Crippen LogP contribution in [-0.2, 0) is 13.5 Å². The molecule has 12 heavy (non-hydrogen) atoms. The summed E-state index contributed by atoms with van der Waals surface area (Å²) in [6.07, 6.45) is 6.36. The maximum absolute atomic E-state index is 4.12. The van der Waals surface area contributed by atoms with Gasteiger partial charge >= 0.3 is 0 Å². The molecule has 0 N–H and O–H groups in total. The number of nitrogens with zero attached hydrogens (tertiary/aromatic N) is 3. The zero-order valence-electron chi connectivity index (χ0n) is 8.12. The van der Waals surface area contributed by atoms with Crippen LogP contribution in [0.4, 0.5) is 0 Å². The fourth-order valence-electron chi connectivity index (χ4n) is 1.20. The van der Waals surface area contributed by atoms with Crippen molar-refractivity contribution in [2.75, 3.05) is 20.6 Å². The van der Waals surface area contributed by atoms with E-state index >= 15 is 0 Å². The second-order valence-corrected chi connectivity index (χ2v) is 3.43. The molecule has 0 aliphatic rings. The summed E-state index contributed by atoms with van der Waals surface area (Å²) in [4.78, 5) is 2.20. The maximum Gasteiger partial charge on any atom is 0.0521 e. The molecule has 1 aromatic rings. The Labute approximate surface area is 74.0 Å². The Morgan fingerprint density at radius 2 is 2.25 bits per heavy atom. The molecule has 0 aliphatic heterocycles. The quantitative estimate of drug-likeness (QED) is 0.664. The van der Waals surface area contributed by atoms with Gasteiger partial charge in [-0.3, -0.25) is 4.68 Å². The van der Waals surface area contributed by atoms with Crippen molar-refractivity contribution in [3.63, 3.8) is 0 Å². The van der Waals surface area contributed by atoms with Gasteiger partial charge in [-0.15, -0.1) is 0 Å². The first-order valence-corrected chi connectivity index (χ1v) is 4.31. The van der Waals surface area contributed by atoms with Crippen LogP contribution in [0.3, 0.4) is 0 Å². The molecule has 0 fully saturated rings. The lowest BCUT2D eigenvalue weighted by molar-refractivity contribution is 0.400. The third-order valence-electron chi connectivity index (χ3n) is 1.83. The lowest BCUT2D eigenvalue weighted by atomic mass is 10.2. The molecule has 1 aromatic heterocycles. The van der Waals surface area contributed by atoms with Gasteiger partial charge in [0, 0.05) is 13.2 Å². The van der Waals surface area contributed by atoms with E-state index in [2.05, 4.69) is 30.3 Å². The van der Waals surface area contributed by atoms with E-state index in [4.69, 9.17) is 0 Å². The van der Waals surface area contributed by atoms with Crippen LogP contribution >= 0.6 is 0 Å². The summed E-state index contributed by atoms with van der Waals surface area (Å²) in [5.74, 6) is 0. The predicted octanol–water partition coefficient (Wildman–Crippen LogP) is 0.914. The van der Waals surface area contributed by atoms with Crippen molar-refractivity contribution in [1.29, 1.82) is 0 Å². The number of aromatic nitrogens is 2. The van der Waals surface area contributed by atoms with Crippen LogP contribution in [0.25, 0.3) is 0 Å². The SMILES string of the molecule is CN(C)CCCc1cnn(C)c1. The third-order valence-corrected chi connectivity index (χ3v) is 1.83. The zero-order valence-corrected chi connectivity index (χ0v) is 8.12. The molecule has 3 heteroatoms. The third kappa shape index (κ3) is 3.05. The average molecular weight is 167 g/mol. The summed E-state index contributed by atoms with van der Waals surface area (Å²) in [6, 6.07) is 0. The molecule has 0 saturated carbocycles. The van der Waals surface area contributed by atoms with Crippen molar-refractivity contribution >= 4 is 0 Å². The first-order valence-electron chi connectivity index (χ1n) is 4.31. The molecule has 0 aliphatic carbocycles. The molecule has 0 unspecified atom stereocenters. The van der Waals surface area contributed by atoms with Crippen LogP contribution < -0.4 is 0 Å². The lowest BCUT2D eigenvalue weighted by Crippen LogP contribution is -2.13. The maximum atomic E-state index is 4.12. The van der Waals surface area contributed by atoms with Crippen molar-refractivity contribution in [2.24, 2.45) is 7.05 Å². The van der Waals surface area contributed by atoms with Gasteiger partial charge in [0.2, 0.25) is 0 Å². The van der Waals surface area contributed by atoms with Crippen LogP contribution in [0.2, 0.25) is 0 Å². The summed E-state index contributed by atoms with van der Waals surface area (Å²) in [6.45, 7) is 1.15. The first-order chi connectivity index (χ1) is 5.68. The molecule has 3 nitrogen and oxygen atoms in total. The van der Waals surface area contributed by atoms with E-state index in [1.165, 1.54) is 12.0 Å². The molecule has 0 amide bonds. The number of rotatable bonds is 4. The van der Waals surface area contributed by atoms with Gasteiger partial charge in [-0.05, 0) is 39.0 Å². The van der Waals surface area contributed by atoms with Crippen LogP contribution in [-0.4, -0.2) is 35.3 Å². The van der Waals surface area contributed by atoms with Crippen LogP contribution in [0.15, 0.2) is 12.4 Å². The van der Waals surface area contributed by atoms with Crippen molar-refractivity contribution in [2.45, 2.75) is 12.8 Å². The lowest BCUT2D eigenvalue weighted by Gasteiger charge is -2.07. The summed E-state index contributed by atoms with van der Waals surface area (Å²) in [7, 11) is 6.15. The molecular formula is C9H17N3. The predicted molar refractivity (Wildman–Crippen MR) is 50.1 cm³/mol. The molecule has 0 saturated heterocycles. The van der Waals surface area contributed by atoms with E-state index in [1.807, 2.05) is 17.9 Å². The minimum atomic E-state index is 1.13. The van der Waals surface area contributed by atoms with E-state index in [0.29, 0.717) is 0 Å². The monoisotopic (exact) mass is 167 g/mol. The summed E-state index contributed by atoms with van der Waals surface area (Å²) >= 11 is 0. The minimum Gasteiger partial charge on any atom is -0.309 e. The molecule has 0 atom stereocenters. The second kappa shape index (κ2) is 4.26. The molecule has 1 rings (SSSR count). The molecule has 0 radical (unpaired) electrons. The Morgan fingerprint density at radius 1 is 1.50 bits per heavy atom. The minimum absolute atomic E-state index is 1.13. The molecule has 0 spiro atoms. The summed E-state index contributed by atoms with van der Waals surface area (Å²) < 4.78 is 1.85. The molecule has 1 heterocycles. The molecule has 68 valence electrons. The Hall–Kier alpha value is -0.830. The van der Waals surface area contributed by atoms with Gasteiger partial charge in [-0.1, -0.05) is 0 Å². The van der Waals surface area contributed by atoms with E-state index in [-0.39, 0.29) is 0 Å². The highest BCUT2D eigenvalue weighted by atomic mass is 15.2. The zero-order chi connectivity index (χ0) is 8.97. The molecular weight excluding hydrogens is 150 g/mol. The van der Waals surface area contributed by atoms with Gasteiger partial charge in [-0.2, -0.15) is 5.10 Å². The largest absolute Gasteiger partial charge is 0.309 e. The van der Waals surface area contributed by atoms with Crippen LogP contribution in [0.5, 0.6) is 0 Å². The number of aryl methyl sites for hydroxylation is 2. The summed E-state index contributed by atoms with van der Waals surface area (Å²) in [5.41, 5.74) is 1.33. The highest BCUT2D eigenvalue weighted by Crippen LogP contribution is 2.00. The Morgan fingerprint density at radius 3 is 2.75 bits per heavy atom. The fourth-order valence-corrected chi connectivity index (χ4v) is 1.20. The first kappa shape index (κ1) is 9.26. The van der Waals surface area contributed by atoms with Crippen molar-refractivity contribution in [1.82, 2.24) is 14.7 Å². The van der Waals surface area contributed by atoms with Crippen molar-refractivity contribution in [3.05, 3.63) is 18.0 Å². The smallest absolute Gasteiger partial charge is 0.0521 e.